The predicted octanol–water partition coefficient (Wildman–Crippen LogP) is 6.46. The fraction of sp³-hybridized carbons (Fsp3) is 0.763. The van der Waals surface area contributed by atoms with Crippen molar-refractivity contribution in [3.05, 3.63) is 28.8 Å². The van der Waals surface area contributed by atoms with Gasteiger partial charge in [-0.15, -0.1) is 0 Å². The molecule has 6 aliphatic rings. The summed E-state index contributed by atoms with van der Waals surface area (Å²) in [5, 5.41) is 0. The number of benzene rings is 1. The third kappa shape index (κ3) is 7.21. The maximum atomic E-state index is 13.6. The molecule has 1 aromatic carbocycles. The van der Waals surface area contributed by atoms with Gasteiger partial charge in [-0.05, 0) is 128 Å². The molecule has 3 heterocycles. The molecule has 3 aliphatic heterocycles. The van der Waals surface area contributed by atoms with E-state index in [4.69, 9.17) is 23.5 Å². The number of carbonyl (C=O) groups is 3. The van der Waals surface area contributed by atoms with Crippen molar-refractivity contribution in [1.29, 1.82) is 0 Å². The number of ether oxygens (including phenoxy) is 3. The van der Waals surface area contributed by atoms with Crippen molar-refractivity contribution in [2.24, 2.45) is 23.2 Å². The molecule has 3 aliphatic carbocycles. The Kier molecular flexibility index (Phi) is 9.38. The highest BCUT2D eigenvalue weighted by Crippen LogP contribution is 2.65. The maximum Gasteiger partial charge on any atom is 0.457 e. The number of carbonyl (C=O) groups excluding carboxylic acids is 3. The standard InChI is InChI=1S/C38H57BN2O8/c1-23-24(15-16-39-48-30-19-26-18-29(37(26,8)9)38(30,10)49-39)13-14-28(31(23)33(43)46-35(2,3)4)45-27-21-41(22-27)32(42)25-12-11-17-40(20-25)34(44)47-36(5,6)7/h13-14,25-27,29-30H,11-12,15-22H2,1-10H3/t25?,26-,29-,30+,38-/m0/s1. The topological polar surface area (TPSA) is 104 Å². The van der Waals surface area contributed by atoms with Crippen LogP contribution in [0.25, 0.3) is 0 Å². The van der Waals surface area contributed by atoms with Gasteiger partial charge < -0.3 is 33.3 Å². The summed E-state index contributed by atoms with van der Waals surface area (Å²) in [5.41, 5.74) is 1.07. The number of hydrogen-bond donors (Lipinski definition) is 0. The molecule has 0 spiro atoms. The monoisotopic (exact) mass is 680 g/mol. The van der Waals surface area contributed by atoms with Crippen LogP contribution in [-0.2, 0) is 30.0 Å². The van der Waals surface area contributed by atoms with Gasteiger partial charge in [-0.1, -0.05) is 19.9 Å². The molecule has 49 heavy (non-hydrogen) atoms. The van der Waals surface area contributed by atoms with E-state index in [-0.39, 0.29) is 42.8 Å². The van der Waals surface area contributed by atoms with Crippen LogP contribution in [0.15, 0.2) is 12.1 Å². The van der Waals surface area contributed by atoms with Crippen LogP contribution in [0.4, 0.5) is 4.79 Å². The van der Waals surface area contributed by atoms with E-state index in [2.05, 4.69) is 20.8 Å². The summed E-state index contributed by atoms with van der Waals surface area (Å²) >= 11 is 0. The molecule has 2 bridgehead atoms. The van der Waals surface area contributed by atoms with E-state index in [1.807, 2.05) is 60.6 Å². The summed E-state index contributed by atoms with van der Waals surface area (Å²) in [5.74, 6) is 1.02. The minimum absolute atomic E-state index is 0.0258. The molecule has 6 fully saturated rings. The van der Waals surface area contributed by atoms with Crippen LogP contribution in [0.1, 0.15) is 109 Å². The van der Waals surface area contributed by atoms with E-state index in [1.165, 1.54) is 6.42 Å². The third-order valence-corrected chi connectivity index (χ3v) is 11.7. The second kappa shape index (κ2) is 12.8. The Morgan fingerprint density at radius 1 is 0.959 bits per heavy atom. The lowest BCUT2D eigenvalue weighted by molar-refractivity contribution is -0.199. The Hall–Kier alpha value is -2.79. The molecule has 1 unspecified atom stereocenters. The van der Waals surface area contributed by atoms with E-state index < -0.39 is 17.2 Å². The largest absolute Gasteiger partial charge is 0.486 e. The fourth-order valence-corrected chi connectivity index (χ4v) is 8.83. The molecule has 3 saturated heterocycles. The van der Waals surface area contributed by atoms with Crippen molar-refractivity contribution in [3.63, 3.8) is 0 Å². The minimum atomic E-state index is -0.671. The van der Waals surface area contributed by atoms with Crippen LogP contribution in [-0.4, -0.2) is 90.1 Å². The molecule has 7 rings (SSSR count). The van der Waals surface area contributed by atoms with Gasteiger partial charge in [0, 0.05) is 13.1 Å². The highest BCUT2D eigenvalue weighted by atomic mass is 16.7. The first-order valence-corrected chi connectivity index (χ1v) is 18.4. The van der Waals surface area contributed by atoms with Gasteiger partial charge in [0.25, 0.3) is 0 Å². The molecule has 1 aromatic rings. The average Bonchev–Trinajstić information content (AvgIpc) is 3.32. The molecule has 0 N–H and O–H groups in total. The quantitative estimate of drug-likeness (QED) is 0.239. The number of esters is 1. The molecule has 11 heteroatoms. The van der Waals surface area contributed by atoms with Gasteiger partial charge in [-0.25, -0.2) is 9.59 Å². The highest BCUT2D eigenvalue weighted by molar-refractivity contribution is 6.45. The van der Waals surface area contributed by atoms with E-state index in [0.717, 1.165) is 30.4 Å². The maximum absolute atomic E-state index is 13.6. The number of piperidine rings is 1. The number of aryl methyl sites for hydroxylation is 1. The van der Waals surface area contributed by atoms with Crippen molar-refractivity contribution in [3.8, 4) is 5.75 Å². The van der Waals surface area contributed by atoms with Crippen molar-refractivity contribution >= 4 is 25.1 Å². The normalized spacial score (nSPS) is 29.5. The van der Waals surface area contributed by atoms with Gasteiger partial charge in [-0.2, -0.15) is 0 Å². The number of hydrogen-bond acceptors (Lipinski definition) is 8. The molecule has 0 radical (unpaired) electrons. The fourth-order valence-electron chi connectivity index (χ4n) is 8.83. The molecular formula is C38H57BN2O8. The Bertz CT molecular complexity index is 1460. The summed E-state index contributed by atoms with van der Waals surface area (Å²) in [6.07, 6.45) is 4.67. The van der Waals surface area contributed by atoms with Crippen molar-refractivity contribution in [2.45, 2.75) is 137 Å². The number of nitrogens with zero attached hydrogens (tertiary/aromatic N) is 2. The molecule has 0 aromatic heterocycles. The Balaban J connectivity index is 1.08. The predicted molar refractivity (Wildman–Crippen MR) is 186 cm³/mol. The average molecular weight is 681 g/mol. The molecule has 10 nitrogen and oxygen atoms in total. The molecular weight excluding hydrogens is 623 g/mol. The zero-order valence-electron chi connectivity index (χ0n) is 31.4. The SMILES string of the molecule is Cc1c(CCB2O[C@@H]3C[C@@H]4C[C@@H](C4(C)C)[C@]3(C)O2)ccc(OC2CN(C(=O)C3CCCN(C(=O)OC(C)(C)C)C3)C2)c1C(=O)OC(C)(C)C. The zero-order chi connectivity index (χ0) is 35.7. The Morgan fingerprint density at radius 2 is 1.65 bits per heavy atom. The van der Waals surface area contributed by atoms with E-state index in [0.29, 0.717) is 67.5 Å². The van der Waals surface area contributed by atoms with Gasteiger partial charge in [0.05, 0.1) is 30.7 Å². The van der Waals surface area contributed by atoms with Crippen LogP contribution < -0.4 is 4.74 Å². The minimum Gasteiger partial charge on any atom is -0.486 e. The van der Waals surface area contributed by atoms with E-state index >= 15 is 0 Å². The Morgan fingerprint density at radius 3 is 2.31 bits per heavy atom. The lowest BCUT2D eigenvalue weighted by atomic mass is 9.43. The third-order valence-electron chi connectivity index (χ3n) is 11.7. The van der Waals surface area contributed by atoms with Gasteiger partial charge in [0.2, 0.25) is 5.91 Å². The Labute approximate surface area is 293 Å². The van der Waals surface area contributed by atoms with Crippen LogP contribution >= 0.6 is 0 Å². The van der Waals surface area contributed by atoms with Crippen molar-refractivity contribution < 1.29 is 37.9 Å². The highest BCUT2D eigenvalue weighted by Gasteiger charge is 2.67. The van der Waals surface area contributed by atoms with Crippen LogP contribution in [0.3, 0.4) is 0 Å². The molecule has 5 atom stereocenters. The van der Waals surface area contributed by atoms with Crippen LogP contribution in [0.5, 0.6) is 5.75 Å². The van der Waals surface area contributed by atoms with Crippen LogP contribution in [0, 0.1) is 30.1 Å². The summed E-state index contributed by atoms with van der Waals surface area (Å²) in [4.78, 5) is 43.1. The smallest absolute Gasteiger partial charge is 0.457 e. The van der Waals surface area contributed by atoms with Crippen molar-refractivity contribution in [2.75, 3.05) is 26.2 Å². The molecule has 3 saturated carbocycles. The first-order chi connectivity index (χ1) is 22.7. The van der Waals surface area contributed by atoms with Crippen LogP contribution in [0.2, 0.25) is 6.32 Å². The summed E-state index contributed by atoms with van der Waals surface area (Å²) in [6, 6.07) is 3.89. The number of rotatable bonds is 7. The van der Waals surface area contributed by atoms with Gasteiger partial charge in [0.1, 0.15) is 28.6 Å². The first kappa shape index (κ1) is 36.0. The first-order valence-electron chi connectivity index (χ1n) is 18.4. The van der Waals surface area contributed by atoms with Gasteiger partial charge in [0.15, 0.2) is 0 Å². The summed E-state index contributed by atoms with van der Waals surface area (Å²) < 4.78 is 30.9. The lowest BCUT2D eigenvalue weighted by Gasteiger charge is -2.64. The number of amides is 2. The molecule has 2 amide bonds. The van der Waals surface area contributed by atoms with Gasteiger partial charge >= 0.3 is 19.2 Å². The van der Waals surface area contributed by atoms with E-state index in [9.17, 15) is 14.4 Å². The number of likely N-dealkylation sites (tertiary alicyclic amines) is 2. The second-order valence-corrected chi connectivity index (χ2v) is 17.9. The lowest BCUT2D eigenvalue weighted by Crippen LogP contribution is -2.65. The van der Waals surface area contributed by atoms with Crippen molar-refractivity contribution in [1.82, 2.24) is 9.80 Å². The summed E-state index contributed by atoms with van der Waals surface area (Å²) in [6.45, 7) is 21.8. The van der Waals surface area contributed by atoms with E-state index in [1.54, 1.807) is 9.80 Å². The zero-order valence-corrected chi connectivity index (χ0v) is 31.4. The molecule has 270 valence electrons. The second-order valence-electron chi connectivity index (χ2n) is 17.9. The van der Waals surface area contributed by atoms with Gasteiger partial charge in [-0.3, -0.25) is 4.79 Å². The summed E-state index contributed by atoms with van der Waals surface area (Å²) in [7, 11) is -0.274.